The fourth-order valence-corrected chi connectivity index (χ4v) is 1.36. The van der Waals surface area contributed by atoms with Gasteiger partial charge in [-0.1, -0.05) is 23.7 Å². The van der Waals surface area contributed by atoms with E-state index in [0.717, 1.165) is 5.56 Å². The van der Waals surface area contributed by atoms with Crippen molar-refractivity contribution < 1.29 is 14.7 Å². The van der Waals surface area contributed by atoms with E-state index < -0.39 is 11.5 Å². The fourth-order valence-electron chi connectivity index (χ4n) is 1.23. The number of aliphatic carboxylic acids is 1. The van der Waals surface area contributed by atoms with Crippen LogP contribution < -0.4 is 5.32 Å². The Morgan fingerprint density at radius 2 is 1.82 bits per heavy atom. The average molecular weight is 256 g/mol. The van der Waals surface area contributed by atoms with Crippen LogP contribution in [0.2, 0.25) is 5.02 Å². The number of benzene rings is 1. The molecule has 0 saturated heterocycles. The molecular weight excluding hydrogens is 242 g/mol. The first-order valence-electron chi connectivity index (χ1n) is 5.10. The van der Waals surface area contributed by atoms with Crippen LogP contribution in [0.1, 0.15) is 19.4 Å². The maximum atomic E-state index is 11.6. The van der Waals surface area contributed by atoms with E-state index in [1.54, 1.807) is 24.3 Å². The van der Waals surface area contributed by atoms with Gasteiger partial charge in [-0.25, -0.2) is 4.79 Å². The van der Waals surface area contributed by atoms with Crippen molar-refractivity contribution in [3.63, 3.8) is 0 Å². The molecule has 0 aliphatic rings. The number of halogens is 1. The van der Waals surface area contributed by atoms with Crippen molar-refractivity contribution >= 4 is 23.5 Å². The second-order valence-electron chi connectivity index (χ2n) is 4.28. The molecule has 0 radical (unpaired) electrons. The predicted octanol–water partition coefficient (Wildman–Crippen LogP) is 1.86. The van der Waals surface area contributed by atoms with Gasteiger partial charge < -0.3 is 10.4 Å². The van der Waals surface area contributed by atoms with Crippen LogP contribution in [0.4, 0.5) is 0 Å². The maximum Gasteiger partial charge on any atom is 0.328 e. The lowest BCUT2D eigenvalue weighted by Gasteiger charge is -2.20. The highest BCUT2D eigenvalue weighted by atomic mass is 35.5. The lowest BCUT2D eigenvalue weighted by atomic mass is 10.1. The molecule has 0 bridgehead atoms. The summed E-state index contributed by atoms with van der Waals surface area (Å²) >= 11 is 5.72. The van der Waals surface area contributed by atoms with Crippen LogP contribution in [0.25, 0.3) is 0 Å². The Balaban J connectivity index is 2.62. The number of carbonyl (C=O) groups excluding carboxylic acids is 1. The van der Waals surface area contributed by atoms with E-state index in [4.69, 9.17) is 16.7 Å². The molecule has 0 unspecified atom stereocenters. The summed E-state index contributed by atoms with van der Waals surface area (Å²) in [6.07, 6.45) is 0.133. The Labute approximate surface area is 105 Å². The van der Waals surface area contributed by atoms with Crippen molar-refractivity contribution in [2.24, 2.45) is 0 Å². The molecule has 4 nitrogen and oxygen atoms in total. The Morgan fingerprint density at radius 3 is 2.29 bits per heavy atom. The molecule has 0 spiro atoms. The molecule has 0 atom stereocenters. The SMILES string of the molecule is CC(C)(NC(=O)Cc1ccc(Cl)cc1)C(=O)O. The van der Waals surface area contributed by atoms with Crippen molar-refractivity contribution in [2.45, 2.75) is 25.8 Å². The molecule has 1 aromatic carbocycles. The number of amides is 1. The van der Waals surface area contributed by atoms with Crippen molar-refractivity contribution in [3.05, 3.63) is 34.9 Å². The second kappa shape index (κ2) is 5.19. The summed E-state index contributed by atoms with van der Waals surface area (Å²) in [5.74, 6) is -1.40. The van der Waals surface area contributed by atoms with Crippen molar-refractivity contribution in [1.29, 1.82) is 0 Å². The van der Waals surface area contributed by atoms with Crippen LogP contribution in [0, 0.1) is 0 Å². The van der Waals surface area contributed by atoms with Crippen molar-refractivity contribution in [3.8, 4) is 0 Å². The molecule has 0 saturated carbocycles. The quantitative estimate of drug-likeness (QED) is 0.863. The number of hydrogen-bond donors (Lipinski definition) is 2. The van der Waals surface area contributed by atoms with Gasteiger partial charge in [-0.15, -0.1) is 0 Å². The van der Waals surface area contributed by atoms with Gasteiger partial charge >= 0.3 is 5.97 Å². The van der Waals surface area contributed by atoms with Gasteiger partial charge in [0.2, 0.25) is 5.91 Å². The normalized spacial score (nSPS) is 11.0. The molecule has 1 rings (SSSR count). The van der Waals surface area contributed by atoms with Crippen molar-refractivity contribution in [2.75, 3.05) is 0 Å². The van der Waals surface area contributed by atoms with Crippen molar-refractivity contribution in [1.82, 2.24) is 5.32 Å². The van der Waals surface area contributed by atoms with Gasteiger partial charge in [-0.2, -0.15) is 0 Å². The zero-order valence-corrected chi connectivity index (χ0v) is 10.4. The van der Waals surface area contributed by atoms with Crippen LogP contribution in [0.5, 0.6) is 0 Å². The number of hydrogen-bond acceptors (Lipinski definition) is 2. The molecular formula is C12H14ClNO3. The third-order valence-corrected chi connectivity index (χ3v) is 2.52. The standard InChI is InChI=1S/C12H14ClNO3/c1-12(2,11(16)17)14-10(15)7-8-3-5-9(13)6-4-8/h3-6H,7H2,1-2H3,(H,14,15)(H,16,17). The summed E-state index contributed by atoms with van der Waals surface area (Å²) in [6, 6.07) is 6.84. The van der Waals surface area contributed by atoms with Gasteiger partial charge in [0.25, 0.3) is 0 Å². The molecule has 2 N–H and O–H groups in total. The Hall–Kier alpha value is -1.55. The van der Waals surface area contributed by atoms with E-state index >= 15 is 0 Å². The Morgan fingerprint density at radius 1 is 1.29 bits per heavy atom. The van der Waals surface area contributed by atoms with E-state index in [9.17, 15) is 9.59 Å². The zero-order chi connectivity index (χ0) is 13.1. The highest BCUT2D eigenvalue weighted by Gasteiger charge is 2.28. The molecule has 92 valence electrons. The summed E-state index contributed by atoms with van der Waals surface area (Å²) < 4.78 is 0. The summed E-state index contributed by atoms with van der Waals surface area (Å²) in [7, 11) is 0. The van der Waals surface area contributed by atoms with Crippen LogP contribution in [0.15, 0.2) is 24.3 Å². The Bertz CT molecular complexity index is 426. The van der Waals surface area contributed by atoms with Gasteiger partial charge in [-0.05, 0) is 31.5 Å². The minimum atomic E-state index is -1.26. The number of carboxylic acid groups (broad SMARTS) is 1. The molecule has 0 aliphatic heterocycles. The lowest BCUT2D eigenvalue weighted by Crippen LogP contribution is -2.50. The number of nitrogens with one attached hydrogen (secondary N) is 1. The minimum absolute atomic E-state index is 0.133. The summed E-state index contributed by atoms with van der Waals surface area (Å²) in [6.45, 7) is 2.88. The summed E-state index contributed by atoms with van der Waals surface area (Å²) in [5, 5.41) is 11.9. The molecule has 17 heavy (non-hydrogen) atoms. The third-order valence-electron chi connectivity index (χ3n) is 2.26. The molecule has 0 fully saturated rings. The monoisotopic (exact) mass is 255 g/mol. The summed E-state index contributed by atoms with van der Waals surface area (Å²) in [5.41, 5.74) is -0.475. The molecule has 5 heteroatoms. The van der Waals surface area contributed by atoms with Gasteiger partial charge in [0, 0.05) is 5.02 Å². The maximum absolute atomic E-state index is 11.6. The fraction of sp³-hybridized carbons (Fsp3) is 0.333. The van der Waals surface area contributed by atoms with Crippen LogP contribution in [0.3, 0.4) is 0 Å². The third kappa shape index (κ3) is 4.07. The topological polar surface area (TPSA) is 66.4 Å². The first kappa shape index (κ1) is 13.5. The number of carbonyl (C=O) groups is 2. The van der Waals surface area contributed by atoms with E-state index in [2.05, 4.69) is 5.32 Å². The van der Waals surface area contributed by atoms with Gasteiger partial charge in [0.1, 0.15) is 5.54 Å². The highest BCUT2D eigenvalue weighted by molar-refractivity contribution is 6.30. The van der Waals surface area contributed by atoms with E-state index in [1.807, 2.05) is 0 Å². The smallest absolute Gasteiger partial charge is 0.328 e. The largest absolute Gasteiger partial charge is 0.480 e. The zero-order valence-electron chi connectivity index (χ0n) is 9.66. The molecule has 0 heterocycles. The van der Waals surface area contributed by atoms with E-state index in [0.29, 0.717) is 5.02 Å². The lowest BCUT2D eigenvalue weighted by molar-refractivity contribution is -0.145. The number of rotatable bonds is 4. The molecule has 1 aromatic rings. The first-order chi connectivity index (χ1) is 7.81. The molecule has 1 amide bonds. The highest BCUT2D eigenvalue weighted by Crippen LogP contribution is 2.10. The average Bonchev–Trinajstić information content (AvgIpc) is 2.20. The van der Waals surface area contributed by atoms with Gasteiger partial charge in [-0.3, -0.25) is 4.79 Å². The predicted molar refractivity (Wildman–Crippen MR) is 65.0 cm³/mol. The second-order valence-corrected chi connectivity index (χ2v) is 4.72. The van der Waals surface area contributed by atoms with E-state index in [-0.39, 0.29) is 12.3 Å². The van der Waals surface area contributed by atoms with Crippen LogP contribution >= 0.6 is 11.6 Å². The minimum Gasteiger partial charge on any atom is -0.480 e. The first-order valence-corrected chi connectivity index (χ1v) is 5.48. The summed E-state index contributed by atoms with van der Waals surface area (Å²) in [4.78, 5) is 22.4. The van der Waals surface area contributed by atoms with Gasteiger partial charge in [0.05, 0.1) is 6.42 Å². The van der Waals surface area contributed by atoms with Crippen LogP contribution in [-0.4, -0.2) is 22.5 Å². The number of carboxylic acids is 1. The van der Waals surface area contributed by atoms with Gasteiger partial charge in [0.15, 0.2) is 0 Å². The Kier molecular flexibility index (Phi) is 4.12. The van der Waals surface area contributed by atoms with Crippen LogP contribution in [-0.2, 0) is 16.0 Å². The van der Waals surface area contributed by atoms with E-state index in [1.165, 1.54) is 13.8 Å². The molecule has 0 aliphatic carbocycles. The molecule has 0 aromatic heterocycles.